The van der Waals surface area contributed by atoms with E-state index in [1.165, 1.54) is 16.7 Å². The first kappa shape index (κ1) is 22.9. The second-order valence-electron chi connectivity index (χ2n) is 9.16. The third-order valence-electron chi connectivity index (χ3n) is 6.15. The Bertz CT molecular complexity index is 1330. The zero-order valence-corrected chi connectivity index (χ0v) is 20.2. The number of pyridine rings is 2. The molecule has 2 heterocycles. The summed E-state index contributed by atoms with van der Waals surface area (Å²) in [4.78, 5) is 24.0. The van der Waals surface area contributed by atoms with E-state index in [1.54, 1.807) is 0 Å². The minimum Gasteiger partial charge on any atom is -0.351 e. The Hall–Kier alpha value is -3.31. The standard InChI is InChI=1S/C28H32N4O/c1-18-6-11-24-25-16-21(17-30-27(25)20(3)31-26(24)14-18)7-8-22-9-10-23(15-19(22)2)28(33)29-12-13-32(4)5/h6,9-11,14-17H,7-8,12-13H2,1-5H3,(H,29,33). The number of likely N-dealkylation sites (N-methyl/N-ethyl adjacent to an activating group) is 1. The minimum atomic E-state index is -0.0173. The number of rotatable bonds is 7. The lowest BCUT2D eigenvalue weighted by molar-refractivity contribution is 0.0951. The molecule has 4 rings (SSSR count). The Labute approximate surface area is 195 Å². The predicted octanol–water partition coefficient (Wildman–Crippen LogP) is 4.78. The van der Waals surface area contributed by atoms with E-state index < -0.39 is 0 Å². The highest BCUT2D eigenvalue weighted by molar-refractivity contribution is 6.05. The molecule has 0 unspecified atom stereocenters. The van der Waals surface area contributed by atoms with Gasteiger partial charge in [0.05, 0.1) is 16.7 Å². The fraction of sp³-hybridized carbons (Fsp3) is 0.321. The van der Waals surface area contributed by atoms with Crippen LogP contribution in [0, 0.1) is 20.8 Å². The second kappa shape index (κ2) is 9.67. The molecule has 2 aromatic heterocycles. The third kappa shape index (κ3) is 5.20. The molecule has 2 aromatic carbocycles. The summed E-state index contributed by atoms with van der Waals surface area (Å²) < 4.78 is 0. The normalized spacial score (nSPS) is 11.5. The van der Waals surface area contributed by atoms with Crippen molar-refractivity contribution in [3.8, 4) is 0 Å². The van der Waals surface area contributed by atoms with Gasteiger partial charge in [-0.3, -0.25) is 14.8 Å². The Morgan fingerprint density at radius 1 is 0.970 bits per heavy atom. The van der Waals surface area contributed by atoms with Crippen LogP contribution in [0.4, 0.5) is 0 Å². The van der Waals surface area contributed by atoms with Crippen LogP contribution in [-0.4, -0.2) is 48.0 Å². The number of nitrogens with zero attached hydrogens (tertiary/aromatic N) is 3. The largest absolute Gasteiger partial charge is 0.351 e. The summed E-state index contributed by atoms with van der Waals surface area (Å²) in [6, 6.07) is 14.7. The predicted molar refractivity (Wildman–Crippen MR) is 136 cm³/mol. The van der Waals surface area contributed by atoms with Crippen LogP contribution < -0.4 is 5.32 Å². The lowest BCUT2D eigenvalue weighted by atomic mass is 9.98. The molecule has 1 amide bonds. The Balaban J connectivity index is 1.51. The van der Waals surface area contributed by atoms with Crippen molar-refractivity contribution in [2.75, 3.05) is 27.2 Å². The van der Waals surface area contributed by atoms with Gasteiger partial charge in [-0.1, -0.05) is 18.2 Å². The first-order valence-electron chi connectivity index (χ1n) is 11.5. The van der Waals surface area contributed by atoms with Gasteiger partial charge in [0.1, 0.15) is 0 Å². The van der Waals surface area contributed by atoms with Gasteiger partial charge in [-0.2, -0.15) is 0 Å². The SMILES string of the molecule is Cc1ccc2c(c1)nc(C)c1ncc(CCc3ccc(C(=O)NCCN(C)C)cc3C)cc12. The Morgan fingerprint density at radius 2 is 1.79 bits per heavy atom. The minimum absolute atomic E-state index is 0.0173. The van der Waals surface area contributed by atoms with Gasteiger partial charge in [-0.15, -0.1) is 0 Å². The fourth-order valence-electron chi connectivity index (χ4n) is 4.23. The molecule has 5 heteroatoms. The van der Waals surface area contributed by atoms with Crippen molar-refractivity contribution < 1.29 is 4.79 Å². The summed E-state index contributed by atoms with van der Waals surface area (Å²) in [5.74, 6) is -0.0173. The highest BCUT2D eigenvalue weighted by Crippen LogP contribution is 2.27. The molecular formula is C28H32N4O. The topological polar surface area (TPSA) is 58.1 Å². The van der Waals surface area contributed by atoms with Crippen molar-refractivity contribution in [3.05, 3.63) is 82.2 Å². The van der Waals surface area contributed by atoms with E-state index in [4.69, 9.17) is 9.97 Å². The molecule has 1 N–H and O–H groups in total. The molecule has 5 nitrogen and oxygen atoms in total. The van der Waals surface area contributed by atoms with Crippen molar-refractivity contribution in [3.63, 3.8) is 0 Å². The summed E-state index contributed by atoms with van der Waals surface area (Å²) in [6.07, 6.45) is 3.77. The van der Waals surface area contributed by atoms with Crippen LogP contribution in [0.5, 0.6) is 0 Å². The summed E-state index contributed by atoms with van der Waals surface area (Å²) in [7, 11) is 4.00. The molecule has 0 radical (unpaired) electrons. The van der Waals surface area contributed by atoms with E-state index in [2.05, 4.69) is 54.4 Å². The maximum Gasteiger partial charge on any atom is 0.251 e. The number of fused-ring (bicyclic) bond motifs is 3. The van der Waals surface area contributed by atoms with E-state index in [-0.39, 0.29) is 5.91 Å². The molecule has 0 atom stereocenters. The first-order valence-corrected chi connectivity index (χ1v) is 11.5. The molecule has 0 fully saturated rings. The lowest BCUT2D eigenvalue weighted by Crippen LogP contribution is -2.31. The molecule has 4 aromatic rings. The van der Waals surface area contributed by atoms with Gasteiger partial charge < -0.3 is 10.2 Å². The maximum absolute atomic E-state index is 12.4. The molecule has 0 aliphatic heterocycles. The molecule has 0 aliphatic rings. The molecule has 170 valence electrons. The van der Waals surface area contributed by atoms with E-state index in [0.29, 0.717) is 12.1 Å². The van der Waals surface area contributed by atoms with E-state index in [0.717, 1.165) is 52.4 Å². The van der Waals surface area contributed by atoms with Crippen LogP contribution in [0.2, 0.25) is 0 Å². The van der Waals surface area contributed by atoms with Gasteiger partial charge in [-0.05, 0) is 94.2 Å². The number of aromatic nitrogens is 2. The number of aryl methyl sites for hydroxylation is 5. The van der Waals surface area contributed by atoms with Crippen LogP contribution in [0.15, 0.2) is 48.7 Å². The van der Waals surface area contributed by atoms with E-state index in [1.807, 2.05) is 39.3 Å². The van der Waals surface area contributed by atoms with Crippen LogP contribution in [0.3, 0.4) is 0 Å². The van der Waals surface area contributed by atoms with Gasteiger partial charge in [-0.25, -0.2) is 0 Å². The number of carbonyl (C=O) groups excluding carboxylic acids is 1. The third-order valence-corrected chi connectivity index (χ3v) is 6.15. The van der Waals surface area contributed by atoms with Crippen molar-refractivity contribution >= 4 is 27.7 Å². The molecule has 0 saturated carbocycles. The molecular weight excluding hydrogens is 408 g/mol. The quantitative estimate of drug-likeness (QED) is 0.420. The highest BCUT2D eigenvalue weighted by atomic mass is 16.1. The van der Waals surface area contributed by atoms with Gasteiger partial charge >= 0.3 is 0 Å². The zero-order chi connectivity index (χ0) is 23.5. The summed E-state index contributed by atoms with van der Waals surface area (Å²) in [6.45, 7) is 7.67. The van der Waals surface area contributed by atoms with Crippen molar-refractivity contribution in [1.82, 2.24) is 20.2 Å². The average Bonchev–Trinajstić information content (AvgIpc) is 2.77. The Morgan fingerprint density at radius 3 is 2.55 bits per heavy atom. The number of carbonyl (C=O) groups is 1. The van der Waals surface area contributed by atoms with Crippen LogP contribution >= 0.6 is 0 Å². The van der Waals surface area contributed by atoms with Crippen LogP contribution in [0.1, 0.15) is 38.3 Å². The summed E-state index contributed by atoms with van der Waals surface area (Å²) in [5, 5.41) is 5.29. The zero-order valence-electron chi connectivity index (χ0n) is 20.2. The van der Waals surface area contributed by atoms with Gasteiger partial charge in [0, 0.05) is 35.6 Å². The smallest absolute Gasteiger partial charge is 0.251 e. The second-order valence-corrected chi connectivity index (χ2v) is 9.16. The van der Waals surface area contributed by atoms with Crippen molar-refractivity contribution in [2.45, 2.75) is 33.6 Å². The molecule has 0 spiro atoms. The number of hydrogen-bond acceptors (Lipinski definition) is 4. The van der Waals surface area contributed by atoms with Gasteiger partial charge in [0.25, 0.3) is 5.91 Å². The summed E-state index contributed by atoms with van der Waals surface area (Å²) in [5.41, 5.74) is 8.49. The average molecular weight is 441 g/mol. The van der Waals surface area contributed by atoms with Crippen LogP contribution in [0.25, 0.3) is 21.8 Å². The van der Waals surface area contributed by atoms with Gasteiger partial charge in [0.2, 0.25) is 0 Å². The van der Waals surface area contributed by atoms with Crippen LogP contribution in [-0.2, 0) is 12.8 Å². The fourth-order valence-corrected chi connectivity index (χ4v) is 4.23. The van der Waals surface area contributed by atoms with Crippen molar-refractivity contribution in [2.24, 2.45) is 0 Å². The lowest BCUT2D eigenvalue weighted by Gasteiger charge is -2.12. The first-order chi connectivity index (χ1) is 15.8. The molecule has 0 saturated heterocycles. The number of nitrogens with one attached hydrogen (secondary N) is 1. The maximum atomic E-state index is 12.4. The van der Waals surface area contributed by atoms with E-state index in [9.17, 15) is 4.79 Å². The molecule has 0 aliphatic carbocycles. The number of amides is 1. The molecule has 0 bridgehead atoms. The van der Waals surface area contributed by atoms with Crippen molar-refractivity contribution in [1.29, 1.82) is 0 Å². The monoisotopic (exact) mass is 440 g/mol. The number of benzene rings is 2. The van der Waals surface area contributed by atoms with E-state index >= 15 is 0 Å². The van der Waals surface area contributed by atoms with Gasteiger partial charge in [0.15, 0.2) is 0 Å². The molecule has 33 heavy (non-hydrogen) atoms. The highest BCUT2D eigenvalue weighted by Gasteiger charge is 2.10. The summed E-state index contributed by atoms with van der Waals surface area (Å²) >= 11 is 0. The Kier molecular flexibility index (Phi) is 6.70. The number of hydrogen-bond donors (Lipinski definition) is 1.